The number of carbonyl (C=O) groups excluding carboxylic acids is 1. The largest absolute Gasteiger partial charge is 0.441 e. The number of carbonyl (C=O) groups is 1. The van der Waals surface area contributed by atoms with Crippen LogP contribution in [0.1, 0.15) is 5.56 Å². The lowest BCUT2D eigenvalue weighted by atomic mass is 9.99. The molecule has 3 N–H and O–H groups in total. The highest BCUT2D eigenvalue weighted by molar-refractivity contribution is 7.99. The summed E-state index contributed by atoms with van der Waals surface area (Å²) in [6, 6.07) is 7.47. The molecular weight excluding hydrogens is 294 g/mol. The average molecular weight is 311 g/mol. The van der Waals surface area contributed by atoms with Crippen LogP contribution in [0.4, 0.5) is 4.79 Å². The van der Waals surface area contributed by atoms with E-state index in [1.807, 2.05) is 31.2 Å². The average Bonchev–Trinajstić information content (AvgIpc) is 2.87. The molecule has 1 amide bonds. The minimum atomic E-state index is -1.03. The molecule has 21 heavy (non-hydrogen) atoms. The maximum absolute atomic E-state index is 11.4. The minimum Gasteiger partial charge on any atom is -0.441 e. The summed E-state index contributed by atoms with van der Waals surface area (Å²) in [5.41, 5.74) is 0.729. The van der Waals surface area contributed by atoms with Gasteiger partial charge in [0, 0.05) is 4.90 Å². The molecule has 2 aliphatic heterocycles. The number of benzene rings is 1. The number of thioether (sulfide) groups is 1. The second kappa shape index (κ2) is 5.84. The third-order valence-corrected chi connectivity index (χ3v) is 4.84. The third-order valence-electron chi connectivity index (χ3n) is 3.65. The van der Waals surface area contributed by atoms with Crippen LogP contribution in [0.15, 0.2) is 29.2 Å². The van der Waals surface area contributed by atoms with Crippen LogP contribution in [-0.4, -0.2) is 52.7 Å². The number of aryl methyl sites for hydroxylation is 1. The van der Waals surface area contributed by atoms with E-state index in [9.17, 15) is 15.0 Å². The van der Waals surface area contributed by atoms with Crippen LogP contribution in [0.2, 0.25) is 0 Å². The number of hydrogen-bond donors (Lipinski definition) is 3. The number of hydrogen-bond acceptors (Lipinski definition) is 6. The zero-order valence-corrected chi connectivity index (χ0v) is 12.2. The summed E-state index contributed by atoms with van der Waals surface area (Å²) in [6.45, 7) is 1.68. The summed E-state index contributed by atoms with van der Waals surface area (Å²) in [5.74, 6) is 0. The van der Waals surface area contributed by atoms with Crippen LogP contribution >= 0.6 is 11.8 Å². The lowest BCUT2D eigenvalue weighted by molar-refractivity contribution is -0.154. The van der Waals surface area contributed by atoms with E-state index in [0.717, 1.165) is 10.5 Å². The monoisotopic (exact) mass is 311 g/mol. The van der Waals surface area contributed by atoms with Gasteiger partial charge in [0.15, 0.2) is 6.10 Å². The standard InChI is InChI=1S/C14H17NO5S/c1-7-2-4-8(5-3-7)21-13-10-12(20-14(18)15-10)11(17)9(6-16)19-13/h2-5,9-13,16-17H,6H2,1H3,(H,15,18)/t9-,10-,11+,12-,13-/m1/s1. The highest BCUT2D eigenvalue weighted by Crippen LogP contribution is 2.36. The second-order valence-electron chi connectivity index (χ2n) is 5.19. The van der Waals surface area contributed by atoms with Crippen LogP contribution in [0.3, 0.4) is 0 Å². The van der Waals surface area contributed by atoms with E-state index in [0.29, 0.717) is 0 Å². The van der Waals surface area contributed by atoms with Crippen molar-refractivity contribution in [2.75, 3.05) is 6.61 Å². The first-order chi connectivity index (χ1) is 10.1. The number of ether oxygens (including phenoxy) is 2. The van der Waals surface area contributed by atoms with Crippen molar-refractivity contribution in [2.45, 2.75) is 41.6 Å². The van der Waals surface area contributed by atoms with E-state index in [2.05, 4.69) is 5.32 Å². The first kappa shape index (κ1) is 14.6. The molecule has 7 heteroatoms. The number of amides is 1. The number of alkyl carbamates (subject to hydrolysis) is 1. The normalized spacial score (nSPS) is 35.0. The SMILES string of the molecule is Cc1ccc(S[C@H]2O[C@H](CO)[C@H](O)[C@@H]3OC(=O)N[C@H]32)cc1. The van der Waals surface area contributed by atoms with E-state index >= 15 is 0 Å². The first-order valence-electron chi connectivity index (χ1n) is 6.73. The predicted octanol–water partition coefficient (Wildman–Crippen LogP) is 0.642. The fraction of sp³-hybridized carbons (Fsp3) is 0.500. The number of aliphatic hydroxyl groups is 2. The van der Waals surface area contributed by atoms with Gasteiger partial charge in [0.25, 0.3) is 0 Å². The van der Waals surface area contributed by atoms with E-state index in [1.54, 1.807) is 0 Å². The van der Waals surface area contributed by atoms with Gasteiger partial charge < -0.3 is 25.0 Å². The first-order valence-corrected chi connectivity index (χ1v) is 7.61. The molecule has 6 nitrogen and oxygen atoms in total. The molecule has 0 radical (unpaired) electrons. The van der Waals surface area contributed by atoms with Gasteiger partial charge in [-0.05, 0) is 19.1 Å². The molecule has 0 spiro atoms. The van der Waals surface area contributed by atoms with E-state index in [-0.39, 0.29) is 6.61 Å². The molecule has 2 heterocycles. The quantitative estimate of drug-likeness (QED) is 0.759. The van der Waals surface area contributed by atoms with Crippen molar-refractivity contribution >= 4 is 17.9 Å². The Bertz CT molecular complexity index is 523. The number of fused-ring (bicyclic) bond motifs is 1. The molecule has 0 unspecified atom stereocenters. The summed E-state index contributed by atoms with van der Waals surface area (Å²) in [6.07, 6.45) is -3.07. The van der Waals surface area contributed by atoms with Crippen LogP contribution in [0.5, 0.6) is 0 Å². The molecule has 1 aromatic carbocycles. The second-order valence-corrected chi connectivity index (χ2v) is 6.36. The van der Waals surface area contributed by atoms with Gasteiger partial charge in [-0.25, -0.2) is 4.79 Å². The lowest BCUT2D eigenvalue weighted by Gasteiger charge is -2.39. The molecule has 114 valence electrons. The predicted molar refractivity (Wildman–Crippen MR) is 76.0 cm³/mol. The Morgan fingerprint density at radius 2 is 2.05 bits per heavy atom. The van der Waals surface area contributed by atoms with Crippen molar-refractivity contribution in [3.8, 4) is 0 Å². The number of rotatable bonds is 3. The van der Waals surface area contributed by atoms with Crippen molar-refractivity contribution in [1.82, 2.24) is 5.32 Å². The van der Waals surface area contributed by atoms with Crippen molar-refractivity contribution in [3.05, 3.63) is 29.8 Å². The Morgan fingerprint density at radius 3 is 2.71 bits per heavy atom. The minimum absolute atomic E-state index is 0.326. The molecule has 0 bridgehead atoms. The Hall–Kier alpha value is -1.28. The molecule has 2 saturated heterocycles. The van der Waals surface area contributed by atoms with Crippen LogP contribution in [0, 0.1) is 6.92 Å². The topological polar surface area (TPSA) is 88.0 Å². The van der Waals surface area contributed by atoms with Gasteiger partial charge in [-0.15, -0.1) is 0 Å². The summed E-state index contributed by atoms with van der Waals surface area (Å²) < 4.78 is 10.8. The molecule has 0 saturated carbocycles. The third kappa shape index (κ3) is 2.87. The smallest absolute Gasteiger partial charge is 0.408 e. The number of nitrogens with one attached hydrogen (secondary N) is 1. The maximum Gasteiger partial charge on any atom is 0.408 e. The van der Waals surface area contributed by atoms with Gasteiger partial charge in [0.2, 0.25) is 0 Å². The molecule has 0 aromatic heterocycles. The molecule has 5 atom stereocenters. The fourth-order valence-corrected chi connectivity index (χ4v) is 3.64. The van der Waals surface area contributed by atoms with Crippen molar-refractivity contribution in [1.29, 1.82) is 0 Å². The molecule has 3 rings (SSSR count). The van der Waals surface area contributed by atoms with Crippen LogP contribution < -0.4 is 5.32 Å². The maximum atomic E-state index is 11.4. The van der Waals surface area contributed by atoms with Gasteiger partial charge in [-0.2, -0.15) is 0 Å². The van der Waals surface area contributed by atoms with Gasteiger partial charge in [0.05, 0.1) is 6.61 Å². The fourth-order valence-electron chi connectivity index (χ4n) is 2.51. The van der Waals surface area contributed by atoms with E-state index < -0.39 is 35.9 Å². The Kier molecular flexibility index (Phi) is 4.08. The zero-order chi connectivity index (χ0) is 15.0. The Labute approximate surface area is 126 Å². The summed E-state index contributed by atoms with van der Waals surface area (Å²) >= 11 is 1.43. The van der Waals surface area contributed by atoms with Crippen LogP contribution in [-0.2, 0) is 9.47 Å². The molecule has 2 fully saturated rings. The molecule has 1 aromatic rings. The Morgan fingerprint density at radius 1 is 1.33 bits per heavy atom. The summed E-state index contributed by atoms with van der Waals surface area (Å²) in [4.78, 5) is 12.4. The van der Waals surface area contributed by atoms with Crippen molar-refractivity contribution < 1.29 is 24.5 Å². The van der Waals surface area contributed by atoms with Gasteiger partial charge >= 0.3 is 6.09 Å². The lowest BCUT2D eigenvalue weighted by Crippen LogP contribution is -2.58. The van der Waals surface area contributed by atoms with E-state index in [1.165, 1.54) is 11.8 Å². The molecule has 2 aliphatic rings. The highest BCUT2D eigenvalue weighted by atomic mass is 32.2. The Balaban J connectivity index is 1.79. The highest BCUT2D eigenvalue weighted by Gasteiger charge is 2.51. The molecular formula is C14H17NO5S. The van der Waals surface area contributed by atoms with E-state index in [4.69, 9.17) is 9.47 Å². The summed E-state index contributed by atoms with van der Waals surface area (Å²) in [5, 5.41) is 22.0. The molecule has 0 aliphatic carbocycles. The van der Waals surface area contributed by atoms with Crippen molar-refractivity contribution in [2.24, 2.45) is 0 Å². The summed E-state index contributed by atoms with van der Waals surface area (Å²) in [7, 11) is 0. The van der Waals surface area contributed by atoms with Gasteiger partial charge in [-0.3, -0.25) is 0 Å². The van der Waals surface area contributed by atoms with Crippen LogP contribution in [0.25, 0.3) is 0 Å². The number of aliphatic hydroxyl groups excluding tert-OH is 2. The van der Waals surface area contributed by atoms with Gasteiger partial charge in [-0.1, -0.05) is 29.5 Å². The van der Waals surface area contributed by atoms with Gasteiger partial charge in [0.1, 0.15) is 23.7 Å². The van der Waals surface area contributed by atoms with Crippen molar-refractivity contribution in [3.63, 3.8) is 0 Å². The zero-order valence-electron chi connectivity index (χ0n) is 11.4.